The van der Waals surface area contributed by atoms with Crippen LogP contribution < -0.4 is 5.32 Å². The normalized spacial score (nSPS) is 27.4. The van der Waals surface area contributed by atoms with Crippen LogP contribution in [-0.2, 0) is 0 Å². The van der Waals surface area contributed by atoms with Crippen molar-refractivity contribution in [2.45, 2.75) is 38.1 Å². The number of nitrogens with one attached hydrogen (secondary N) is 1. The molecular formula is C14H27N3. The lowest BCUT2D eigenvalue weighted by molar-refractivity contribution is 0.198. The van der Waals surface area contributed by atoms with Crippen molar-refractivity contribution >= 4 is 0 Å². The van der Waals surface area contributed by atoms with Gasteiger partial charge in [0, 0.05) is 38.8 Å². The minimum absolute atomic E-state index is 0.959. The van der Waals surface area contributed by atoms with Crippen molar-refractivity contribution in [3.05, 3.63) is 0 Å². The minimum Gasteiger partial charge on any atom is -0.315 e. The average Bonchev–Trinajstić information content (AvgIpc) is 3.21. The topological polar surface area (TPSA) is 18.5 Å². The molecule has 0 radical (unpaired) electrons. The molecule has 17 heavy (non-hydrogen) atoms. The van der Waals surface area contributed by atoms with Gasteiger partial charge in [0.25, 0.3) is 0 Å². The minimum atomic E-state index is 0.959. The molecule has 0 aromatic carbocycles. The molecule has 0 bridgehead atoms. The van der Waals surface area contributed by atoms with Gasteiger partial charge >= 0.3 is 0 Å². The zero-order valence-electron chi connectivity index (χ0n) is 11.0. The third-order valence-corrected chi connectivity index (χ3v) is 4.39. The number of nitrogens with zero attached hydrogens (tertiary/aromatic N) is 2. The van der Waals surface area contributed by atoms with E-state index in [2.05, 4.69) is 15.1 Å². The molecule has 0 atom stereocenters. The summed E-state index contributed by atoms with van der Waals surface area (Å²) in [5, 5.41) is 3.49. The Morgan fingerprint density at radius 1 is 1.06 bits per heavy atom. The largest absolute Gasteiger partial charge is 0.315 e. The van der Waals surface area contributed by atoms with Crippen LogP contribution in [-0.4, -0.2) is 61.7 Å². The molecule has 2 saturated carbocycles. The van der Waals surface area contributed by atoms with E-state index in [1.54, 1.807) is 0 Å². The Kier molecular flexibility index (Phi) is 3.99. The second kappa shape index (κ2) is 5.68. The van der Waals surface area contributed by atoms with Gasteiger partial charge in [-0.1, -0.05) is 0 Å². The Hall–Kier alpha value is -0.120. The van der Waals surface area contributed by atoms with Crippen molar-refractivity contribution in [1.29, 1.82) is 0 Å². The van der Waals surface area contributed by atoms with E-state index in [4.69, 9.17) is 0 Å². The average molecular weight is 237 g/mol. The summed E-state index contributed by atoms with van der Waals surface area (Å²) >= 11 is 0. The van der Waals surface area contributed by atoms with Crippen LogP contribution in [0.2, 0.25) is 0 Å². The molecule has 0 aromatic heterocycles. The first-order valence-electron chi connectivity index (χ1n) is 7.59. The van der Waals surface area contributed by atoms with Crippen LogP contribution >= 0.6 is 0 Å². The summed E-state index contributed by atoms with van der Waals surface area (Å²) in [6.07, 6.45) is 7.25. The van der Waals surface area contributed by atoms with E-state index in [-0.39, 0.29) is 0 Å². The molecule has 2 aliphatic carbocycles. The summed E-state index contributed by atoms with van der Waals surface area (Å²) in [6.45, 7) is 8.97. The van der Waals surface area contributed by atoms with Gasteiger partial charge < -0.3 is 10.2 Å². The summed E-state index contributed by atoms with van der Waals surface area (Å²) in [4.78, 5) is 5.44. The Balaban J connectivity index is 1.40. The first-order chi connectivity index (χ1) is 8.42. The highest BCUT2D eigenvalue weighted by Crippen LogP contribution is 2.34. The maximum Gasteiger partial charge on any atom is 0.0112 e. The highest BCUT2D eigenvalue weighted by atomic mass is 15.2. The Bertz CT molecular complexity index is 228. The van der Waals surface area contributed by atoms with E-state index in [9.17, 15) is 0 Å². The molecule has 1 heterocycles. The molecule has 0 aromatic rings. The monoisotopic (exact) mass is 237 g/mol. The third kappa shape index (κ3) is 3.94. The second-order valence-electron chi connectivity index (χ2n) is 6.11. The molecule has 0 amide bonds. The van der Waals surface area contributed by atoms with Gasteiger partial charge in [0.1, 0.15) is 0 Å². The predicted octanol–water partition coefficient (Wildman–Crippen LogP) is 1.16. The van der Waals surface area contributed by atoms with Gasteiger partial charge in [-0.05, 0) is 51.1 Å². The van der Waals surface area contributed by atoms with Gasteiger partial charge in [0.05, 0.1) is 0 Å². The van der Waals surface area contributed by atoms with E-state index in [1.165, 1.54) is 77.9 Å². The molecule has 0 unspecified atom stereocenters. The summed E-state index contributed by atoms with van der Waals surface area (Å²) in [6, 6.07) is 0.959. The van der Waals surface area contributed by atoms with E-state index in [0.717, 1.165) is 12.0 Å². The van der Waals surface area contributed by atoms with Gasteiger partial charge in [-0.2, -0.15) is 0 Å². The van der Waals surface area contributed by atoms with Crippen LogP contribution in [0.3, 0.4) is 0 Å². The molecule has 3 fully saturated rings. The molecule has 98 valence electrons. The molecule has 3 nitrogen and oxygen atoms in total. The van der Waals surface area contributed by atoms with Crippen molar-refractivity contribution in [3.8, 4) is 0 Å². The lowest BCUT2D eigenvalue weighted by atomic mass is 10.3. The van der Waals surface area contributed by atoms with Crippen LogP contribution in [0.1, 0.15) is 32.1 Å². The highest BCUT2D eigenvalue weighted by Gasteiger charge is 2.33. The Morgan fingerprint density at radius 3 is 2.71 bits per heavy atom. The summed E-state index contributed by atoms with van der Waals surface area (Å²) in [7, 11) is 0. The van der Waals surface area contributed by atoms with Crippen molar-refractivity contribution in [3.63, 3.8) is 0 Å². The SMILES string of the molecule is C1CNCCN(CCN(CC2CC2)C2CC2)C1. The number of rotatable bonds is 6. The predicted molar refractivity (Wildman–Crippen MR) is 71.2 cm³/mol. The second-order valence-corrected chi connectivity index (χ2v) is 6.11. The molecule has 3 rings (SSSR count). The highest BCUT2D eigenvalue weighted by molar-refractivity contribution is 4.88. The summed E-state index contributed by atoms with van der Waals surface area (Å²) in [5.41, 5.74) is 0. The first-order valence-corrected chi connectivity index (χ1v) is 7.59. The van der Waals surface area contributed by atoms with Crippen LogP contribution in [0.25, 0.3) is 0 Å². The fourth-order valence-corrected chi connectivity index (χ4v) is 2.89. The van der Waals surface area contributed by atoms with E-state index in [1.807, 2.05) is 0 Å². The van der Waals surface area contributed by atoms with Crippen molar-refractivity contribution in [2.75, 3.05) is 45.8 Å². The lowest BCUT2D eigenvalue weighted by Gasteiger charge is -2.26. The Labute approximate surface area is 106 Å². The van der Waals surface area contributed by atoms with Gasteiger partial charge in [-0.3, -0.25) is 4.90 Å². The van der Waals surface area contributed by atoms with Crippen molar-refractivity contribution < 1.29 is 0 Å². The zero-order valence-corrected chi connectivity index (χ0v) is 11.0. The van der Waals surface area contributed by atoms with Gasteiger partial charge in [-0.25, -0.2) is 0 Å². The standard InChI is InChI=1S/C14H27N3/c1-6-15-7-9-16(8-1)10-11-17(14-4-5-14)12-13-2-3-13/h13-15H,1-12H2. The number of hydrogen-bond donors (Lipinski definition) is 1. The van der Waals surface area contributed by atoms with Crippen molar-refractivity contribution in [2.24, 2.45) is 5.92 Å². The maximum absolute atomic E-state index is 3.49. The number of hydrogen-bond acceptors (Lipinski definition) is 3. The van der Waals surface area contributed by atoms with Gasteiger partial charge in [-0.15, -0.1) is 0 Å². The fraction of sp³-hybridized carbons (Fsp3) is 1.00. The lowest BCUT2D eigenvalue weighted by Crippen LogP contribution is -2.38. The van der Waals surface area contributed by atoms with Gasteiger partial charge in [0.2, 0.25) is 0 Å². The van der Waals surface area contributed by atoms with Crippen molar-refractivity contribution in [1.82, 2.24) is 15.1 Å². The molecule has 1 aliphatic heterocycles. The molecule has 0 spiro atoms. The summed E-state index contributed by atoms with van der Waals surface area (Å²) < 4.78 is 0. The third-order valence-electron chi connectivity index (χ3n) is 4.39. The van der Waals surface area contributed by atoms with Crippen LogP contribution in [0.15, 0.2) is 0 Å². The first kappa shape index (κ1) is 11.9. The smallest absolute Gasteiger partial charge is 0.0112 e. The molecule has 3 heteroatoms. The molecule has 1 saturated heterocycles. The van der Waals surface area contributed by atoms with Crippen LogP contribution in [0, 0.1) is 5.92 Å². The summed E-state index contributed by atoms with van der Waals surface area (Å²) in [5.74, 6) is 1.06. The maximum atomic E-state index is 3.49. The fourth-order valence-electron chi connectivity index (χ4n) is 2.89. The van der Waals surface area contributed by atoms with E-state index in [0.29, 0.717) is 0 Å². The van der Waals surface area contributed by atoms with Crippen LogP contribution in [0.4, 0.5) is 0 Å². The quantitative estimate of drug-likeness (QED) is 0.748. The molecule has 1 N–H and O–H groups in total. The van der Waals surface area contributed by atoms with E-state index >= 15 is 0 Å². The Morgan fingerprint density at radius 2 is 1.94 bits per heavy atom. The van der Waals surface area contributed by atoms with E-state index < -0.39 is 0 Å². The van der Waals surface area contributed by atoms with Crippen LogP contribution in [0.5, 0.6) is 0 Å². The zero-order chi connectivity index (χ0) is 11.5. The molecule has 3 aliphatic rings. The van der Waals surface area contributed by atoms with Gasteiger partial charge in [0.15, 0.2) is 0 Å². The molecular weight excluding hydrogens is 210 g/mol.